The van der Waals surface area contributed by atoms with Crippen LogP contribution in [0.25, 0.3) is 27.6 Å². The molecule has 4 aliphatic rings. The minimum atomic E-state index is -0.688. The fourth-order valence-corrected chi connectivity index (χ4v) is 8.77. The molecule has 46 heavy (non-hydrogen) atoms. The van der Waals surface area contributed by atoms with Crippen LogP contribution in [0.4, 0.5) is 11.4 Å². The van der Waals surface area contributed by atoms with E-state index in [0.29, 0.717) is 16.1 Å². The van der Waals surface area contributed by atoms with Crippen LogP contribution in [0.15, 0.2) is 35.3 Å². The number of carbonyl (C=O) groups is 2. The average Bonchev–Trinajstić information content (AvgIpc) is 3.70. The maximum atomic E-state index is 14.1. The van der Waals surface area contributed by atoms with Crippen molar-refractivity contribution in [3.8, 4) is 0 Å². The lowest BCUT2D eigenvalue weighted by molar-refractivity contribution is -0.129. The summed E-state index contributed by atoms with van der Waals surface area (Å²) >= 11 is 0. The molecule has 0 bridgehead atoms. The van der Waals surface area contributed by atoms with E-state index < -0.39 is 11.6 Å². The topological polar surface area (TPSA) is 89.0 Å². The van der Waals surface area contributed by atoms with Crippen LogP contribution in [0.3, 0.4) is 0 Å². The number of anilines is 2. The number of hydrogen-bond acceptors (Lipinski definition) is 6. The third-order valence-electron chi connectivity index (χ3n) is 11.8. The van der Waals surface area contributed by atoms with Crippen molar-refractivity contribution in [3.05, 3.63) is 68.7 Å². The van der Waals surface area contributed by atoms with E-state index in [4.69, 9.17) is 4.99 Å². The molecule has 7 nitrogen and oxygen atoms in total. The van der Waals surface area contributed by atoms with E-state index in [1.807, 2.05) is 31.5 Å². The van der Waals surface area contributed by atoms with Gasteiger partial charge in [-0.3, -0.25) is 14.6 Å². The molecule has 2 aromatic carbocycles. The summed E-state index contributed by atoms with van der Waals surface area (Å²) in [6, 6.07) is 5.00. The monoisotopic (exact) mass is 618 g/mol. The van der Waals surface area contributed by atoms with E-state index >= 15 is 0 Å². The Labute approximate surface area is 271 Å². The highest BCUT2D eigenvalue weighted by molar-refractivity contribution is 6.70. The van der Waals surface area contributed by atoms with Gasteiger partial charge in [0.1, 0.15) is 5.76 Å². The molecular weight excluding hydrogens is 572 g/mol. The molecule has 0 fully saturated rings. The van der Waals surface area contributed by atoms with Crippen molar-refractivity contribution in [2.45, 2.75) is 118 Å². The van der Waals surface area contributed by atoms with Crippen LogP contribution in [0, 0.1) is 6.92 Å². The number of H-pyrrole nitrogens is 1. The molecule has 1 aliphatic carbocycles. The van der Waals surface area contributed by atoms with Crippen molar-refractivity contribution in [3.63, 3.8) is 0 Å². The Morgan fingerprint density at radius 1 is 0.848 bits per heavy atom. The molecule has 1 aromatic heterocycles. The zero-order chi connectivity index (χ0) is 33.5. The summed E-state index contributed by atoms with van der Waals surface area (Å²) in [4.78, 5) is 41.3. The van der Waals surface area contributed by atoms with Gasteiger partial charge in [0.2, 0.25) is 11.6 Å². The van der Waals surface area contributed by atoms with Gasteiger partial charge in [-0.25, -0.2) is 0 Å². The van der Waals surface area contributed by atoms with Crippen molar-refractivity contribution in [1.82, 2.24) is 4.98 Å². The Morgan fingerprint density at radius 3 is 1.98 bits per heavy atom. The van der Waals surface area contributed by atoms with Gasteiger partial charge in [-0.2, -0.15) is 0 Å². The summed E-state index contributed by atoms with van der Waals surface area (Å²) in [6.07, 6.45) is 3.79. The van der Waals surface area contributed by atoms with Gasteiger partial charge in [0.05, 0.1) is 33.4 Å². The first-order chi connectivity index (χ1) is 21.4. The normalized spacial score (nSPS) is 24.1. The van der Waals surface area contributed by atoms with Crippen molar-refractivity contribution >= 4 is 50.6 Å². The number of rotatable bonds is 3. The average molecular weight is 619 g/mol. The third-order valence-corrected chi connectivity index (χ3v) is 11.8. The quantitative estimate of drug-likeness (QED) is 0.326. The smallest absolute Gasteiger partial charge is 0.238 e. The maximum Gasteiger partial charge on any atom is 0.238 e. The fourth-order valence-electron chi connectivity index (χ4n) is 8.77. The van der Waals surface area contributed by atoms with Gasteiger partial charge >= 0.3 is 0 Å². The molecule has 0 radical (unpaired) electrons. The fraction of sp³-hybridized carbons (Fsp3) is 0.462. The van der Waals surface area contributed by atoms with Crippen LogP contribution in [0.1, 0.15) is 104 Å². The molecule has 7 rings (SSSR count). The van der Waals surface area contributed by atoms with Gasteiger partial charge in [0, 0.05) is 69.1 Å². The number of aromatic nitrogens is 1. The number of aromatic amines is 1. The summed E-state index contributed by atoms with van der Waals surface area (Å²) in [7, 11) is 0. The summed E-state index contributed by atoms with van der Waals surface area (Å²) in [5.74, 6) is -1.63. The summed E-state index contributed by atoms with van der Waals surface area (Å²) < 4.78 is 0. The zero-order valence-corrected chi connectivity index (χ0v) is 29.2. The summed E-state index contributed by atoms with van der Waals surface area (Å²) in [5, 5.41) is 14.3. The van der Waals surface area contributed by atoms with Gasteiger partial charge < -0.3 is 19.9 Å². The van der Waals surface area contributed by atoms with E-state index in [1.54, 1.807) is 0 Å². The van der Waals surface area contributed by atoms with Crippen LogP contribution in [-0.2, 0) is 20.4 Å². The molecule has 4 heterocycles. The molecule has 0 spiro atoms. The molecule has 0 saturated carbocycles. The predicted octanol–water partition coefficient (Wildman–Crippen LogP) is 6.53. The highest BCUT2D eigenvalue weighted by Gasteiger charge is 2.48. The van der Waals surface area contributed by atoms with Gasteiger partial charge in [-0.05, 0) is 89.8 Å². The second kappa shape index (κ2) is 9.46. The molecule has 2 N–H and O–H groups in total. The lowest BCUT2D eigenvalue weighted by Gasteiger charge is -2.34. The highest BCUT2D eigenvalue weighted by Crippen LogP contribution is 2.53. The number of ketones is 2. The molecular formula is C39H46N4O3. The zero-order valence-electron chi connectivity index (χ0n) is 29.2. The van der Waals surface area contributed by atoms with Gasteiger partial charge in [-0.1, -0.05) is 27.7 Å². The Morgan fingerprint density at radius 2 is 1.39 bits per heavy atom. The minimum absolute atomic E-state index is 0.0470. The number of aliphatic hydroxyl groups is 1. The molecule has 240 valence electrons. The molecule has 3 aromatic rings. The van der Waals surface area contributed by atoms with Crippen LogP contribution in [-0.4, -0.2) is 45.8 Å². The first kappa shape index (κ1) is 30.5. The van der Waals surface area contributed by atoms with Crippen molar-refractivity contribution in [2.75, 3.05) is 9.80 Å². The van der Waals surface area contributed by atoms with Crippen LogP contribution in [0.2, 0.25) is 0 Å². The lowest BCUT2D eigenvalue weighted by Crippen LogP contribution is -2.43. The largest absolute Gasteiger partial charge is 0.506 e. The number of carbonyl (C=O) groups excluding carboxylic acids is 2. The number of nitrogens with zero attached hydrogens (tertiary/aromatic N) is 3. The summed E-state index contributed by atoms with van der Waals surface area (Å²) in [6.45, 7) is 26.3. The second-order valence-corrected chi connectivity index (χ2v) is 15.6. The number of fused-ring (bicyclic) bond motifs is 6. The molecule has 7 heteroatoms. The van der Waals surface area contributed by atoms with Crippen molar-refractivity contribution < 1.29 is 14.7 Å². The number of aryl methyl sites for hydroxylation is 1. The number of allylic oxidation sites excluding steroid dienone is 3. The standard InChI is InChI=1S/C39H46N4O3/c1-17(2)42-21(7)38(9,10)25-13-23(31-27(33(25)42)19(5)15-40-31)29-35(44)30(37(46)36(29)45)24-14-26-34(28-20(6)16-41-32(24)28)43(18(3)4)22(8)39(26,11)12/h13-18,21-22,40,44H,1-12H3/b30-24+. The van der Waals surface area contributed by atoms with Crippen molar-refractivity contribution in [2.24, 2.45) is 4.99 Å². The van der Waals surface area contributed by atoms with Crippen LogP contribution in [0.5, 0.6) is 0 Å². The predicted molar refractivity (Wildman–Crippen MR) is 187 cm³/mol. The molecule has 0 saturated heterocycles. The Balaban J connectivity index is 1.57. The van der Waals surface area contributed by atoms with Crippen LogP contribution >= 0.6 is 0 Å². The molecule has 2 atom stereocenters. The number of Topliss-reactive ketones (excluding diaryl/α,β-unsaturated/α-hetero) is 2. The first-order valence-corrected chi connectivity index (χ1v) is 16.7. The molecule has 3 aliphatic heterocycles. The van der Waals surface area contributed by atoms with E-state index in [9.17, 15) is 14.7 Å². The van der Waals surface area contributed by atoms with E-state index in [-0.39, 0.29) is 51.9 Å². The number of nitrogens with one attached hydrogen (secondary N) is 1. The van der Waals surface area contributed by atoms with E-state index in [0.717, 1.165) is 50.1 Å². The Hall–Kier alpha value is -4.13. The van der Waals surface area contributed by atoms with Gasteiger partial charge in [0.15, 0.2) is 0 Å². The molecule has 0 amide bonds. The van der Waals surface area contributed by atoms with E-state index in [1.165, 1.54) is 0 Å². The lowest BCUT2D eigenvalue weighted by atomic mass is 9.79. The SMILES string of the molecule is CC1=CN=c2c1c1c(c/c2=C2\C(=O)C(=O)C(c3cc4c(c5c(C)c[nH]c35)N(C(C)C)C(C)C4(C)C)=C2O)C(C)(C)C(C)N1C(C)C. The number of hydrogen-bond donors (Lipinski definition) is 2. The third kappa shape index (κ3) is 3.57. The minimum Gasteiger partial charge on any atom is -0.506 e. The first-order valence-electron chi connectivity index (χ1n) is 16.7. The summed E-state index contributed by atoms with van der Waals surface area (Å²) in [5.41, 5.74) is 8.55. The molecule has 2 unspecified atom stereocenters. The van der Waals surface area contributed by atoms with E-state index in [2.05, 4.69) is 90.9 Å². The van der Waals surface area contributed by atoms with Crippen LogP contribution < -0.4 is 20.4 Å². The number of benzene rings is 2. The van der Waals surface area contributed by atoms with Gasteiger partial charge in [0.25, 0.3) is 0 Å². The highest BCUT2D eigenvalue weighted by atomic mass is 16.3. The van der Waals surface area contributed by atoms with Gasteiger partial charge in [-0.15, -0.1) is 0 Å². The second-order valence-electron chi connectivity index (χ2n) is 15.6. The maximum absolute atomic E-state index is 14.1. The Bertz CT molecular complexity index is 2120. The van der Waals surface area contributed by atoms with Crippen molar-refractivity contribution in [1.29, 1.82) is 0 Å². The Kier molecular flexibility index (Phi) is 6.28. The number of aliphatic hydroxyl groups excluding tert-OH is 1.